The van der Waals surface area contributed by atoms with Gasteiger partial charge in [-0.1, -0.05) is 31.2 Å². The molecule has 3 rings (SSSR count). The number of anilines is 1. The summed E-state index contributed by atoms with van der Waals surface area (Å²) in [7, 11) is 3.01. The summed E-state index contributed by atoms with van der Waals surface area (Å²) in [6.07, 6.45) is 2.51. The molecule has 2 aromatic rings. The summed E-state index contributed by atoms with van der Waals surface area (Å²) in [5.41, 5.74) is 7.33. The highest BCUT2D eigenvalue weighted by molar-refractivity contribution is 6.15. The van der Waals surface area contributed by atoms with E-state index in [-0.39, 0.29) is 11.6 Å². The number of para-hydroxylation sites is 1. The number of amidine groups is 1. The summed E-state index contributed by atoms with van der Waals surface area (Å²) >= 11 is 0. The van der Waals surface area contributed by atoms with Crippen LogP contribution < -0.4 is 20.2 Å². The molecule has 2 N–H and O–H groups in total. The molecular formula is C22H25N3O4. The van der Waals surface area contributed by atoms with Crippen LogP contribution in [0, 0.1) is 5.92 Å². The molecule has 1 unspecified atom stereocenters. The molecule has 0 aliphatic carbocycles. The largest absolute Gasteiger partial charge is 0.496 e. The van der Waals surface area contributed by atoms with E-state index in [1.54, 1.807) is 29.3 Å². The lowest BCUT2D eigenvalue weighted by Gasteiger charge is -2.29. The SMILES string of the molecule is CCCOC1=CC(C(=O)c2c(OC)cccc2OC)C(N)=NN1c1ccccc1. The van der Waals surface area contributed by atoms with Gasteiger partial charge in [-0.3, -0.25) is 4.79 Å². The van der Waals surface area contributed by atoms with E-state index in [2.05, 4.69) is 5.10 Å². The Kier molecular flexibility index (Phi) is 6.39. The number of nitrogens with zero attached hydrogens (tertiary/aromatic N) is 2. The molecule has 0 saturated carbocycles. The van der Waals surface area contributed by atoms with E-state index in [9.17, 15) is 4.79 Å². The van der Waals surface area contributed by atoms with Crippen molar-refractivity contribution in [3.63, 3.8) is 0 Å². The van der Waals surface area contributed by atoms with Crippen molar-refractivity contribution in [1.29, 1.82) is 0 Å². The van der Waals surface area contributed by atoms with E-state index in [0.717, 1.165) is 12.1 Å². The number of carbonyl (C=O) groups excluding carboxylic acids is 1. The molecule has 0 spiro atoms. The fourth-order valence-electron chi connectivity index (χ4n) is 3.06. The number of hydrogen-bond donors (Lipinski definition) is 1. The quantitative estimate of drug-likeness (QED) is 0.688. The van der Waals surface area contributed by atoms with Gasteiger partial charge in [-0.25, -0.2) is 0 Å². The Balaban J connectivity index is 2.02. The zero-order chi connectivity index (χ0) is 20.8. The third-order valence-electron chi connectivity index (χ3n) is 4.46. The lowest BCUT2D eigenvalue weighted by molar-refractivity contribution is 0.0960. The van der Waals surface area contributed by atoms with Crippen LogP contribution in [-0.4, -0.2) is 32.4 Å². The van der Waals surface area contributed by atoms with Gasteiger partial charge in [-0.15, -0.1) is 0 Å². The number of rotatable bonds is 8. The predicted octanol–water partition coefficient (Wildman–Crippen LogP) is 3.56. The molecule has 1 aliphatic rings. The number of nitrogens with two attached hydrogens (primary N) is 1. The molecule has 29 heavy (non-hydrogen) atoms. The van der Waals surface area contributed by atoms with E-state index in [0.29, 0.717) is 29.6 Å². The van der Waals surface area contributed by atoms with Crippen molar-refractivity contribution >= 4 is 17.3 Å². The van der Waals surface area contributed by atoms with Crippen molar-refractivity contribution in [2.75, 3.05) is 25.8 Å². The second-order valence-electron chi connectivity index (χ2n) is 6.41. The minimum atomic E-state index is -0.799. The monoisotopic (exact) mass is 395 g/mol. The number of hydrogen-bond acceptors (Lipinski definition) is 7. The lowest BCUT2D eigenvalue weighted by atomic mass is 9.94. The van der Waals surface area contributed by atoms with Gasteiger partial charge in [0.1, 0.15) is 28.8 Å². The zero-order valence-corrected chi connectivity index (χ0v) is 16.8. The van der Waals surface area contributed by atoms with Crippen molar-refractivity contribution in [2.45, 2.75) is 13.3 Å². The first-order valence-electron chi connectivity index (χ1n) is 9.39. The molecule has 7 nitrogen and oxygen atoms in total. The summed E-state index contributed by atoms with van der Waals surface area (Å²) in [5.74, 6) is 0.377. The van der Waals surface area contributed by atoms with Crippen LogP contribution in [0.25, 0.3) is 0 Å². The van der Waals surface area contributed by atoms with Crippen LogP contribution in [0.3, 0.4) is 0 Å². The average Bonchev–Trinajstić information content (AvgIpc) is 2.77. The summed E-state index contributed by atoms with van der Waals surface area (Å²) < 4.78 is 16.6. The topological polar surface area (TPSA) is 86.4 Å². The third kappa shape index (κ3) is 4.18. The Bertz CT molecular complexity index is 903. The maximum absolute atomic E-state index is 13.4. The zero-order valence-electron chi connectivity index (χ0n) is 16.8. The highest BCUT2D eigenvalue weighted by Gasteiger charge is 2.33. The molecule has 1 atom stereocenters. The van der Waals surface area contributed by atoms with Gasteiger partial charge in [0.25, 0.3) is 0 Å². The van der Waals surface area contributed by atoms with Crippen molar-refractivity contribution < 1.29 is 19.0 Å². The molecule has 1 aliphatic heterocycles. The van der Waals surface area contributed by atoms with Crippen LogP contribution in [-0.2, 0) is 4.74 Å². The normalized spacial score (nSPS) is 16.0. The van der Waals surface area contributed by atoms with Crippen molar-refractivity contribution in [2.24, 2.45) is 16.8 Å². The Morgan fingerprint density at radius 2 is 1.72 bits per heavy atom. The molecule has 0 fully saturated rings. The molecule has 7 heteroatoms. The number of Topliss-reactive ketones (excluding diaryl/α,β-unsaturated/α-hetero) is 1. The van der Waals surface area contributed by atoms with Gasteiger partial charge >= 0.3 is 0 Å². The lowest BCUT2D eigenvalue weighted by Crippen LogP contribution is -2.38. The molecule has 0 aromatic heterocycles. The minimum absolute atomic E-state index is 0.163. The number of benzene rings is 2. The molecule has 0 radical (unpaired) electrons. The first-order chi connectivity index (χ1) is 14.1. The number of ether oxygens (including phenoxy) is 3. The van der Waals surface area contributed by atoms with Crippen LogP contribution in [0.1, 0.15) is 23.7 Å². The van der Waals surface area contributed by atoms with Crippen LogP contribution in [0.2, 0.25) is 0 Å². The van der Waals surface area contributed by atoms with Gasteiger partial charge < -0.3 is 19.9 Å². The summed E-state index contributed by atoms with van der Waals surface area (Å²) in [5, 5.41) is 6.06. The Hall–Kier alpha value is -3.48. The highest BCUT2D eigenvalue weighted by Crippen LogP contribution is 2.33. The Morgan fingerprint density at radius 3 is 2.31 bits per heavy atom. The maximum atomic E-state index is 13.4. The summed E-state index contributed by atoms with van der Waals surface area (Å²) in [6, 6.07) is 14.7. The van der Waals surface area contributed by atoms with Crippen LogP contribution in [0.5, 0.6) is 11.5 Å². The van der Waals surface area contributed by atoms with Crippen molar-refractivity contribution in [3.05, 3.63) is 66.1 Å². The van der Waals surface area contributed by atoms with E-state index < -0.39 is 5.92 Å². The number of hydrazone groups is 1. The number of carbonyl (C=O) groups is 1. The van der Waals surface area contributed by atoms with Gasteiger partial charge in [-0.2, -0.15) is 10.1 Å². The highest BCUT2D eigenvalue weighted by atomic mass is 16.5. The third-order valence-corrected chi connectivity index (χ3v) is 4.46. The molecule has 0 saturated heterocycles. The van der Waals surface area contributed by atoms with Gasteiger partial charge in [-0.05, 0) is 36.8 Å². The summed E-state index contributed by atoms with van der Waals surface area (Å²) in [6.45, 7) is 2.50. The van der Waals surface area contributed by atoms with Crippen LogP contribution in [0.15, 0.2) is 65.6 Å². The first-order valence-corrected chi connectivity index (χ1v) is 9.39. The fourth-order valence-corrected chi connectivity index (χ4v) is 3.06. The van der Waals surface area contributed by atoms with Crippen molar-refractivity contribution in [1.82, 2.24) is 0 Å². The first kappa shape index (κ1) is 20.3. The van der Waals surface area contributed by atoms with Crippen molar-refractivity contribution in [3.8, 4) is 11.5 Å². The Morgan fingerprint density at radius 1 is 1.07 bits per heavy atom. The standard InChI is InChI=1S/C22H25N3O4/c1-4-13-29-19-14-16(22(23)24-25(19)15-9-6-5-7-10-15)21(26)20-17(27-2)11-8-12-18(20)28-3/h5-12,14,16H,4,13H2,1-3H3,(H2,23,24). The van der Waals surface area contributed by atoms with E-state index in [4.69, 9.17) is 19.9 Å². The van der Waals surface area contributed by atoms with E-state index in [1.807, 2.05) is 37.3 Å². The molecule has 152 valence electrons. The number of methoxy groups -OCH3 is 2. The van der Waals surface area contributed by atoms with Gasteiger partial charge in [0.15, 0.2) is 5.78 Å². The fraction of sp³-hybridized carbons (Fsp3) is 0.273. The van der Waals surface area contributed by atoms with Crippen LogP contribution in [0.4, 0.5) is 5.69 Å². The Labute approximate surface area is 170 Å². The molecule has 0 amide bonds. The second-order valence-corrected chi connectivity index (χ2v) is 6.41. The van der Waals surface area contributed by atoms with E-state index >= 15 is 0 Å². The van der Waals surface area contributed by atoms with Gasteiger partial charge in [0.2, 0.25) is 5.88 Å². The molecule has 0 bridgehead atoms. The van der Waals surface area contributed by atoms with E-state index in [1.165, 1.54) is 14.2 Å². The maximum Gasteiger partial charge on any atom is 0.212 e. The van der Waals surface area contributed by atoms with Crippen LogP contribution >= 0.6 is 0 Å². The molecule has 1 heterocycles. The molecule has 2 aromatic carbocycles. The molecular weight excluding hydrogens is 370 g/mol. The van der Waals surface area contributed by atoms with Gasteiger partial charge in [0, 0.05) is 0 Å². The smallest absolute Gasteiger partial charge is 0.212 e. The second kappa shape index (κ2) is 9.14. The minimum Gasteiger partial charge on any atom is -0.496 e. The predicted molar refractivity (Wildman–Crippen MR) is 112 cm³/mol. The summed E-state index contributed by atoms with van der Waals surface area (Å²) in [4.78, 5) is 13.4. The average molecular weight is 395 g/mol. The van der Waals surface area contributed by atoms with Gasteiger partial charge in [0.05, 0.1) is 26.5 Å². The number of ketones is 1.